The first-order valence-corrected chi connectivity index (χ1v) is 14.5. The molecule has 0 unspecified atom stereocenters. The van der Waals surface area contributed by atoms with E-state index in [1.54, 1.807) is 13.3 Å². The molecule has 3 aromatic carbocycles. The molecule has 1 amide bonds. The van der Waals surface area contributed by atoms with Gasteiger partial charge in [-0.05, 0) is 91.7 Å². The third kappa shape index (κ3) is 5.43. The lowest BCUT2D eigenvalue weighted by Gasteiger charge is -2.20. The number of fused-ring (bicyclic) bond motifs is 2. The van der Waals surface area contributed by atoms with E-state index in [-0.39, 0.29) is 11.4 Å². The summed E-state index contributed by atoms with van der Waals surface area (Å²) in [6, 6.07) is 17.7. The first kappa shape index (κ1) is 25.1. The van der Waals surface area contributed by atoms with Crippen molar-refractivity contribution in [3.8, 4) is 23.0 Å². The van der Waals surface area contributed by atoms with E-state index in [9.17, 15) is 4.79 Å². The lowest BCUT2D eigenvalue weighted by Crippen LogP contribution is -2.37. The van der Waals surface area contributed by atoms with E-state index in [0.29, 0.717) is 41.2 Å². The molecule has 1 aromatic heterocycles. The molecule has 7 heteroatoms. The maximum atomic E-state index is 12.7. The van der Waals surface area contributed by atoms with Crippen molar-refractivity contribution in [2.75, 3.05) is 20.3 Å². The Hall–Kier alpha value is -3.84. The molecule has 40 heavy (non-hydrogen) atoms. The summed E-state index contributed by atoms with van der Waals surface area (Å²) in [5.74, 6) is 3.62. The van der Waals surface area contributed by atoms with Crippen LogP contribution in [0.2, 0.25) is 0 Å². The molecule has 0 bridgehead atoms. The number of ether oxygens (including phenoxy) is 3. The third-order valence-electron chi connectivity index (χ3n) is 8.33. The van der Waals surface area contributed by atoms with Gasteiger partial charge in [0.2, 0.25) is 0 Å². The van der Waals surface area contributed by atoms with Crippen molar-refractivity contribution < 1.29 is 19.0 Å². The van der Waals surface area contributed by atoms with Crippen LogP contribution in [0.1, 0.15) is 55.3 Å². The number of aromatic nitrogens is 1. The monoisotopic (exact) mass is 537 g/mol. The summed E-state index contributed by atoms with van der Waals surface area (Å²) >= 11 is 0. The Balaban J connectivity index is 1.10. The van der Waals surface area contributed by atoms with E-state index in [2.05, 4.69) is 15.6 Å². The Bertz CT molecular complexity index is 1570. The summed E-state index contributed by atoms with van der Waals surface area (Å²) in [6.45, 7) is 1.68. The van der Waals surface area contributed by atoms with Crippen LogP contribution >= 0.6 is 0 Å². The number of benzene rings is 3. The van der Waals surface area contributed by atoms with E-state index in [4.69, 9.17) is 14.2 Å². The van der Waals surface area contributed by atoms with Crippen LogP contribution in [0, 0.1) is 5.92 Å². The second kappa shape index (κ2) is 10.3. The number of rotatable bonds is 12. The molecule has 7 rings (SSSR count). The Kier molecular flexibility index (Phi) is 6.47. The van der Waals surface area contributed by atoms with Gasteiger partial charge in [-0.25, -0.2) is 0 Å². The van der Waals surface area contributed by atoms with Gasteiger partial charge in [0.1, 0.15) is 18.1 Å². The second-order valence-corrected chi connectivity index (χ2v) is 11.6. The zero-order valence-electron chi connectivity index (χ0n) is 22.9. The number of hydrogen-bond acceptors (Lipinski definition) is 6. The predicted octanol–water partition coefficient (Wildman–Crippen LogP) is 6.38. The fraction of sp³-hybridized carbons (Fsp3) is 0.394. The Morgan fingerprint density at radius 3 is 2.62 bits per heavy atom. The van der Waals surface area contributed by atoms with Crippen molar-refractivity contribution in [3.05, 3.63) is 66.4 Å². The SMILES string of the molecule is COc1cc2c(Oc3ccc4c(C(=O)NC5CC5)cccc4c3)ccnc2cc1OCC1(NCCC2CC2)CC1. The van der Waals surface area contributed by atoms with Gasteiger partial charge in [0.15, 0.2) is 11.5 Å². The van der Waals surface area contributed by atoms with E-state index >= 15 is 0 Å². The van der Waals surface area contributed by atoms with Crippen molar-refractivity contribution in [3.63, 3.8) is 0 Å². The van der Waals surface area contributed by atoms with Gasteiger partial charge in [0.05, 0.1) is 18.2 Å². The normalized spacial score (nSPS) is 17.5. The topological polar surface area (TPSA) is 81.7 Å². The van der Waals surface area contributed by atoms with Crippen molar-refractivity contribution in [2.24, 2.45) is 5.92 Å². The standard InChI is InChI=1S/C33H35N3O4/c1-38-30-18-27-28(19-31(30)39-20-33(13-14-33)35-16-11-21-5-6-21)34-15-12-29(27)40-24-9-10-25-22(17-24)3-2-4-26(25)32(37)36-23-7-8-23/h2-4,9-10,12,15,17-19,21,23,35H,5-8,11,13-14,16,20H2,1H3,(H,36,37). The number of pyridine rings is 1. The van der Waals surface area contributed by atoms with Gasteiger partial charge in [0, 0.05) is 29.3 Å². The summed E-state index contributed by atoms with van der Waals surface area (Å²) < 4.78 is 18.4. The molecular weight excluding hydrogens is 502 g/mol. The predicted molar refractivity (Wildman–Crippen MR) is 156 cm³/mol. The maximum Gasteiger partial charge on any atom is 0.252 e. The van der Waals surface area contributed by atoms with Crippen molar-refractivity contribution in [1.29, 1.82) is 0 Å². The summed E-state index contributed by atoms with van der Waals surface area (Å²) in [4.78, 5) is 17.3. The highest BCUT2D eigenvalue weighted by molar-refractivity contribution is 6.07. The van der Waals surface area contributed by atoms with Crippen LogP contribution in [0.25, 0.3) is 21.7 Å². The summed E-state index contributed by atoms with van der Waals surface area (Å²) in [7, 11) is 1.66. The van der Waals surface area contributed by atoms with Crippen molar-refractivity contribution in [1.82, 2.24) is 15.6 Å². The lowest BCUT2D eigenvalue weighted by molar-refractivity contribution is 0.0952. The maximum absolute atomic E-state index is 12.7. The zero-order chi connectivity index (χ0) is 27.1. The average Bonchev–Trinajstić information content (AvgIpc) is 3.83. The fourth-order valence-corrected chi connectivity index (χ4v) is 5.32. The highest BCUT2D eigenvalue weighted by Crippen LogP contribution is 2.41. The zero-order valence-corrected chi connectivity index (χ0v) is 22.9. The van der Waals surface area contributed by atoms with Crippen molar-refractivity contribution in [2.45, 2.75) is 56.5 Å². The number of methoxy groups -OCH3 is 1. The van der Waals surface area contributed by atoms with Gasteiger partial charge < -0.3 is 24.8 Å². The smallest absolute Gasteiger partial charge is 0.252 e. The Labute approximate surface area is 234 Å². The highest BCUT2D eigenvalue weighted by Gasteiger charge is 2.43. The molecule has 4 aromatic rings. The van der Waals surface area contributed by atoms with E-state index in [0.717, 1.165) is 59.8 Å². The molecule has 0 spiro atoms. The fourth-order valence-electron chi connectivity index (χ4n) is 5.32. The molecule has 3 fully saturated rings. The van der Waals surface area contributed by atoms with Gasteiger partial charge in [-0.3, -0.25) is 9.78 Å². The molecule has 0 atom stereocenters. The quantitative estimate of drug-likeness (QED) is 0.218. The van der Waals surface area contributed by atoms with Crippen LogP contribution in [0.3, 0.4) is 0 Å². The van der Waals surface area contributed by atoms with E-state index < -0.39 is 0 Å². The summed E-state index contributed by atoms with van der Waals surface area (Å²) in [5, 5.41) is 9.52. The van der Waals surface area contributed by atoms with Gasteiger partial charge in [-0.1, -0.05) is 25.0 Å². The number of hydrogen-bond donors (Lipinski definition) is 2. The highest BCUT2D eigenvalue weighted by atomic mass is 16.5. The number of carbonyl (C=O) groups excluding carboxylic acids is 1. The Morgan fingerprint density at radius 1 is 0.975 bits per heavy atom. The summed E-state index contributed by atoms with van der Waals surface area (Å²) in [5.41, 5.74) is 1.55. The summed E-state index contributed by atoms with van der Waals surface area (Å²) in [6.07, 6.45) is 10.2. The molecule has 3 aliphatic rings. The number of carbonyl (C=O) groups is 1. The van der Waals surface area contributed by atoms with Crippen LogP contribution in [0.15, 0.2) is 60.8 Å². The molecule has 3 aliphatic carbocycles. The van der Waals surface area contributed by atoms with Crippen LogP contribution in [-0.4, -0.2) is 42.7 Å². The first-order chi connectivity index (χ1) is 19.6. The van der Waals surface area contributed by atoms with Gasteiger partial charge >= 0.3 is 0 Å². The Morgan fingerprint density at radius 2 is 1.85 bits per heavy atom. The van der Waals surface area contributed by atoms with E-state index in [1.165, 1.54) is 19.3 Å². The minimum atomic E-state index is -0.0198. The van der Waals surface area contributed by atoms with Gasteiger partial charge in [0.25, 0.3) is 5.91 Å². The largest absolute Gasteiger partial charge is 0.493 e. The molecule has 7 nitrogen and oxygen atoms in total. The first-order valence-electron chi connectivity index (χ1n) is 14.5. The lowest BCUT2D eigenvalue weighted by atomic mass is 10.0. The van der Waals surface area contributed by atoms with E-state index in [1.807, 2.05) is 54.6 Å². The minimum Gasteiger partial charge on any atom is -0.493 e. The molecular formula is C33H35N3O4. The molecule has 2 N–H and O–H groups in total. The van der Waals surface area contributed by atoms with Crippen LogP contribution in [0.5, 0.6) is 23.0 Å². The third-order valence-corrected chi connectivity index (χ3v) is 8.33. The molecule has 0 saturated heterocycles. The molecule has 0 radical (unpaired) electrons. The minimum absolute atomic E-state index is 0.0198. The molecule has 0 aliphatic heterocycles. The van der Waals surface area contributed by atoms with Crippen molar-refractivity contribution >= 4 is 27.6 Å². The van der Waals surface area contributed by atoms with Gasteiger partial charge in [-0.2, -0.15) is 0 Å². The average molecular weight is 538 g/mol. The van der Waals surface area contributed by atoms with Crippen LogP contribution < -0.4 is 24.8 Å². The number of nitrogens with zero attached hydrogens (tertiary/aromatic N) is 1. The number of amides is 1. The molecule has 3 saturated carbocycles. The van der Waals surface area contributed by atoms with Crippen LogP contribution in [-0.2, 0) is 0 Å². The molecule has 206 valence electrons. The van der Waals surface area contributed by atoms with Crippen LogP contribution in [0.4, 0.5) is 0 Å². The van der Waals surface area contributed by atoms with Gasteiger partial charge in [-0.15, -0.1) is 0 Å². The second-order valence-electron chi connectivity index (χ2n) is 11.6. The number of nitrogens with one attached hydrogen (secondary N) is 2. The molecule has 1 heterocycles.